The first-order chi connectivity index (χ1) is 11.4. The summed E-state index contributed by atoms with van der Waals surface area (Å²) < 4.78 is 26.8. The molecule has 2 aliphatic heterocycles. The highest BCUT2D eigenvalue weighted by Gasteiger charge is 2.46. The molecule has 24 heavy (non-hydrogen) atoms. The Labute approximate surface area is 135 Å². The van der Waals surface area contributed by atoms with Crippen molar-refractivity contribution < 1.29 is 28.3 Å². The molecule has 9 heteroatoms. The number of nitrogens with zero attached hydrogens (tertiary/aromatic N) is 1. The second-order valence-corrected chi connectivity index (χ2v) is 5.78. The normalized spacial score (nSPS) is 26.1. The molecule has 0 radical (unpaired) electrons. The molecule has 7 nitrogen and oxygen atoms in total. The van der Waals surface area contributed by atoms with Crippen LogP contribution in [0.2, 0.25) is 0 Å². The van der Waals surface area contributed by atoms with Crippen LogP contribution in [0.4, 0.5) is 8.78 Å². The topological polar surface area (TPSA) is 98.7 Å². The molecule has 1 aromatic rings. The smallest absolute Gasteiger partial charge is 0.254 e. The predicted octanol–water partition coefficient (Wildman–Crippen LogP) is -0.845. The third-order valence-corrected chi connectivity index (χ3v) is 4.19. The summed E-state index contributed by atoms with van der Waals surface area (Å²) in [6.45, 7) is -0.449. The van der Waals surface area contributed by atoms with Crippen molar-refractivity contribution in [1.29, 1.82) is 0 Å². The fourth-order valence-corrected chi connectivity index (χ4v) is 3.02. The Bertz CT molecular complexity index is 712. The average Bonchev–Trinajstić information content (AvgIpc) is 2.97. The maximum Gasteiger partial charge on any atom is 0.254 e. The first-order valence-corrected chi connectivity index (χ1v) is 7.38. The molecule has 3 N–H and O–H groups in total. The molecule has 0 spiro atoms. The van der Waals surface area contributed by atoms with Crippen molar-refractivity contribution in [3.8, 4) is 0 Å². The molecular weight excluding hydrogens is 324 g/mol. The van der Waals surface area contributed by atoms with Gasteiger partial charge >= 0.3 is 0 Å². The Hall–Kier alpha value is -2.55. The van der Waals surface area contributed by atoms with Crippen molar-refractivity contribution in [1.82, 2.24) is 15.5 Å². The number of carbonyl (C=O) groups is 3. The molecule has 0 bridgehead atoms. The molecule has 0 unspecified atom stereocenters. The second-order valence-electron chi connectivity index (χ2n) is 5.78. The molecule has 2 fully saturated rings. The fourth-order valence-electron chi connectivity index (χ4n) is 3.02. The molecule has 128 valence electrons. The van der Waals surface area contributed by atoms with Gasteiger partial charge in [-0.3, -0.25) is 14.4 Å². The summed E-state index contributed by atoms with van der Waals surface area (Å²) in [6, 6.07) is 0.224. The minimum absolute atomic E-state index is 0.0656. The monoisotopic (exact) mass is 339 g/mol. The van der Waals surface area contributed by atoms with Gasteiger partial charge in [0.25, 0.3) is 5.91 Å². The number of carbonyl (C=O) groups excluding carboxylic acids is 3. The van der Waals surface area contributed by atoms with Gasteiger partial charge in [0.05, 0.1) is 12.2 Å². The summed E-state index contributed by atoms with van der Waals surface area (Å²) in [5.41, 5.74) is -0.441. The third kappa shape index (κ3) is 2.82. The van der Waals surface area contributed by atoms with Crippen LogP contribution in [0.25, 0.3) is 0 Å². The summed E-state index contributed by atoms with van der Waals surface area (Å²) in [7, 11) is 0. The molecular formula is C15H15F2N3O4. The quantitative estimate of drug-likeness (QED) is 0.668. The fraction of sp³-hybridized carbons (Fsp3) is 0.400. The van der Waals surface area contributed by atoms with E-state index in [1.54, 1.807) is 0 Å². The number of fused-ring (bicyclic) bond motifs is 1. The van der Waals surface area contributed by atoms with Crippen LogP contribution < -0.4 is 10.6 Å². The van der Waals surface area contributed by atoms with E-state index >= 15 is 0 Å². The standard InChI is InChI=1S/C15H15F2N3O4/c16-7-1-2-10(17)9(3-7)13(22)18-8-4-12-14(23)19-11(6-21)15(24)20(12)5-8/h1-3,8,11-12,21H,4-6H2,(H,18,22)(H,19,23)/t8-,11-,12-/m0/s1. The number of halogens is 2. The number of benzene rings is 1. The van der Waals surface area contributed by atoms with Crippen molar-refractivity contribution in [2.75, 3.05) is 13.2 Å². The lowest BCUT2D eigenvalue weighted by atomic mass is 10.1. The van der Waals surface area contributed by atoms with Crippen molar-refractivity contribution in [2.24, 2.45) is 0 Å². The minimum atomic E-state index is -0.996. The number of nitrogens with one attached hydrogen (secondary N) is 2. The van der Waals surface area contributed by atoms with Gasteiger partial charge in [-0.1, -0.05) is 0 Å². The van der Waals surface area contributed by atoms with E-state index in [0.717, 1.165) is 18.2 Å². The van der Waals surface area contributed by atoms with Crippen LogP contribution in [0.5, 0.6) is 0 Å². The van der Waals surface area contributed by atoms with E-state index in [0.29, 0.717) is 0 Å². The summed E-state index contributed by atoms with van der Waals surface area (Å²) in [5.74, 6) is -3.27. The van der Waals surface area contributed by atoms with Gasteiger partial charge in [-0.2, -0.15) is 0 Å². The molecule has 2 saturated heterocycles. The van der Waals surface area contributed by atoms with Gasteiger partial charge in [0, 0.05) is 12.6 Å². The van der Waals surface area contributed by atoms with Crippen LogP contribution in [0.3, 0.4) is 0 Å². The van der Waals surface area contributed by atoms with Crippen LogP contribution in [0, 0.1) is 11.6 Å². The molecule has 2 aliphatic rings. The molecule has 2 heterocycles. The molecule has 3 atom stereocenters. The van der Waals surface area contributed by atoms with E-state index in [-0.39, 0.29) is 13.0 Å². The zero-order chi connectivity index (χ0) is 17.4. The lowest BCUT2D eigenvalue weighted by Gasteiger charge is -2.33. The van der Waals surface area contributed by atoms with Gasteiger partial charge in [0.2, 0.25) is 11.8 Å². The Balaban J connectivity index is 1.72. The second kappa shape index (κ2) is 6.16. The first-order valence-electron chi connectivity index (χ1n) is 7.38. The molecule has 0 aliphatic carbocycles. The molecule has 3 amide bonds. The maximum absolute atomic E-state index is 13.6. The molecule has 0 saturated carbocycles. The summed E-state index contributed by atoms with van der Waals surface area (Å²) in [4.78, 5) is 37.5. The molecule has 3 rings (SSSR count). The highest BCUT2D eigenvalue weighted by atomic mass is 19.1. The number of aliphatic hydroxyl groups excluding tert-OH is 1. The number of piperazine rings is 1. The zero-order valence-corrected chi connectivity index (χ0v) is 12.5. The van der Waals surface area contributed by atoms with Crippen molar-refractivity contribution in [3.05, 3.63) is 35.4 Å². The largest absolute Gasteiger partial charge is 0.394 e. The number of rotatable bonds is 3. The molecule has 0 aromatic heterocycles. The average molecular weight is 339 g/mol. The maximum atomic E-state index is 13.6. The lowest BCUT2D eigenvalue weighted by Crippen LogP contribution is -2.62. The van der Waals surface area contributed by atoms with Gasteiger partial charge < -0.3 is 20.6 Å². The van der Waals surface area contributed by atoms with E-state index in [9.17, 15) is 23.2 Å². The summed E-state index contributed by atoms with van der Waals surface area (Å²) in [6.07, 6.45) is 0.165. The number of amides is 3. The van der Waals surface area contributed by atoms with E-state index in [2.05, 4.69) is 10.6 Å². The van der Waals surface area contributed by atoms with Gasteiger partial charge in [-0.05, 0) is 24.6 Å². The van der Waals surface area contributed by atoms with Gasteiger partial charge in [-0.25, -0.2) is 8.78 Å². The number of aliphatic hydroxyl groups is 1. The number of hydrogen-bond acceptors (Lipinski definition) is 4. The van der Waals surface area contributed by atoms with E-state index in [1.165, 1.54) is 4.90 Å². The SMILES string of the molecule is O=C(N[C@H]1C[C@H]2C(=O)N[C@@H](CO)C(=O)N2C1)c1cc(F)ccc1F. The third-order valence-electron chi connectivity index (χ3n) is 4.19. The number of hydrogen-bond donors (Lipinski definition) is 3. The Morgan fingerprint density at radius 1 is 1.38 bits per heavy atom. The Morgan fingerprint density at radius 3 is 2.83 bits per heavy atom. The van der Waals surface area contributed by atoms with E-state index < -0.39 is 59.7 Å². The Morgan fingerprint density at radius 2 is 2.12 bits per heavy atom. The van der Waals surface area contributed by atoms with Gasteiger partial charge in [-0.15, -0.1) is 0 Å². The minimum Gasteiger partial charge on any atom is -0.394 e. The Kier molecular flexibility index (Phi) is 4.18. The van der Waals surface area contributed by atoms with Crippen LogP contribution in [-0.4, -0.2) is 59.0 Å². The van der Waals surface area contributed by atoms with Crippen molar-refractivity contribution in [3.63, 3.8) is 0 Å². The predicted molar refractivity (Wildman–Crippen MR) is 76.7 cm³/mol. The van der Waals surface area contributed by atoms with E-state index in [1.807, 2.05) is 0 Å². The van der Waals surface area contributed by atoms with Gasteiger partial charge in [0.1, 0.15) is 23.7 Å². The van der Waals surface area contributed by atoms with Crippen LogP contribution >= 0.6 is 0 Å². The lowest BCUT2D eigenvalue weighted by molar-refractivity contribution is -0.148. The summed E-state index contributed by atoms with van der Waals surface area (Å²) in [5, 5.41) is 14.0. The van der Waals surface area contributed by atoms with Crippen molar-refractivity contribution in [2.45, 2.75) is 24.5 Å². The van der Waals surface area contributed by atoms with Crippen LogP contribution in [0.1, 0.15) is 16.8 Å². The summed E-state index contributed by atoms with van der Waals surface area (Å²) >= 11 is 0. The van der Waals surface area contributed by atoms with Crippen molar-refractivity contribution >= 4 is 17.7 Å². The highest BCUT2D eigenvalue weighted by molar-refractivity contribution is 5.98. The molecule has 1 aromatic carbocycles. The van der Waals surface area contributed by atoms with Crippen LogP contribution in [-0.2, 0) is 9.59 Å². The highest BCUT2D eigenvalue weighted by Crippen LogP contribution is 2.23. The first kappa shape index (κ1) is 16.3. The van der Waals surface area contributed by atoms with Gasteiger partial charge in [0.15, 0.2) is 0 Å². The zero-order valence-electron chi connectivity index (χ0n) is 12.5. The van der Waals surface area contributed by atoms with E-state index in [4.69, 9.17) is 5.11 Å². The van der Waals surface area contributed by atoms with Crippen LogP contribution in [0.15, 0.2) is 18.2 Å².